The van der Waals surface area contributed by atoms with Crippen LogP contribution in [0, 0.1) is 6.92 Å². The van der Waals surface area contributed by atoms with Crippen LogP contribution in [0.2, 0.25) is 0 Å². The van der Waals surface area contributed by atoms with Gasteiger partial charge in [-0.15, -0.1) is 0 Å². The normalized spacial score (nSPS) is 11.8. The maximum Gasteiger partial charge on any atom is 0.228 e. The number of hydrogen-bond donors (Lipinski definition) is 2. The highest BCUT2D eigenvalue weighted by molar-refractivity contribution is 7.79. The van der Waals surface area contributed by atoms with Crippen LogP contribution in [-0.4, -0.2) is 31.1 Å². The first kappa shape index (κ1) is 19.8. The maximum absolute atomic E-state index is 12.5. The average molecular weight is 399 g/mol. The summed E-state index contributed by atoms with van der Waals surface area (Å²) < 4.78 is 28.5. The molecule has 1 amide bonds. The number of anilines is 1. The number of ether oxygens (including phenoxy) is 1. The van der Waals surface area contributed by atoms with E-state index in [9.17, 15) is 13.6 Å². The van der Waals surface area contributed by atoms with Gasteiger partial charge in [-0.1, -0.05) is 18.2 Å². The van der Waals surface area contributed by atoms with Gasteiger partial charge in [0.2, 0.25) is 5.91 Å². The lowest BCUT2D eigenvalue weighted by atomic mass is 10.1. The third kappa shape index (κ3) is 4.65. The monoisotopic (exact) mass is 399 g/mol. The smallest absolute Gasteiger partial charge is 0.228 e. The van der Waals surface area contributed by atoms with E-state index >= 15 is 0 Å². The Kier molecular flexibility index (Phi) is 6.23. The summed E-state index contributed by atoms with van der Waals surface area (Å²) in [4.78, 5) is 12.6. The minimum atomic E-state index is -2.23. The van der Waals surface area contributed by atoms with Gasteiger partial charge in [-0.2, -0.15) is 5.10 Å². The maximum atomic E-state index is 12.5. The van der Waals surface area contributed by atoms with Crippen LogP contribution in [0.1, 0.15) is 18.1 Å². The minimum absolute atomic E-state index is 0.133. The van der Waals surface area contributed by atoms with E-state index in [-0.39, 0.29) is 17.2 Å². The van der Waals surface area contributed by atoms with Gasteiger partial charge in [0, 0.05) is 17.4 Å². The Labute approximate surface area is 165 Å². The van der Waals surface area contributed by atoms with Crippen molar-refractivity contribution in [3.8, 4) is 11.4 Å². The Morgan fingerprint density at radius 2 is 2.07 bits per heavy atom. The molecule has 146 valence electrons. The standard InChI is InChI=1S/C20H21N3O4S/c1-3-27-18-7-5-4-6-15(18)10-20(24)22-16-8-9-17(19(11-16)28(25)26)23-13-14(2)12-21-23/h4-9,11-13H,3,10H2,1-2H3,(H,22,24)(H,25,26). The van der Waals surface area contributed by atoms with Crippen LogP contribution >= 0.6 is 0 Å². The second kappa shape index (κ2) is 8.81. The van der Waals surface area contributed by atoms with Crippen LogP contribution in [-0.2, 0) is 22.3 Å². The Balaban J connectivity index is 1.80. The van der Waals surface area contributed by atoms with Crippen molar-refractivity contribution in [1.29, 1.82) is 0 Å². The van der Waals surface area contributed by atoms with Gasteiger partial charge in [-0.05, 0) is 43.7 Å². The summed E-state index contributed by atoms with van der Waals surface area (Å²) in [6, 6.07) is 12.2. The predicted molar refractivity (Wildman–Crippen MR) is 107 cm³/mol. The molecule has 0 saturated carbocycles. The van der Waals surface area contributed by atoms with Crippen LogP contribution in [0.4, 0.5) is 5.69 Å². The van der Waals surface area contributed by atoms with Crippen LogP contribution in [0.5, 0.6) is 5.75 Å². The molecule has 0 bridgehead atoms. The number of aromatic nitrogens is 2. The number of rotatable bonds is 7. The lowest BCUT2D eigenvalue weighted by molar-refractivity contribution is -0.115. The molecule has 1 aromatic heterocycles. The zero-order chi connectivity index (χ0) is 20.1. The molecule has 0 aliphatic rings. The molecule has 2 aromatic carbocycles. The van der Waals surface area contributed by atoms with E-state index < -0.39 is 11.1 Å². The number of carbonyl (C=O) groups excluding carboxylic acids is 1. The van der Waals surface area contributed by atoms with E-state index in [1.807, 2.05) is 38.1 Å². The van der Waals surface area contributed by atoms with Crippen molar-refractivity contribution in [2.75, 3.05) is 11.9 Å². The van der Waals surface area contributed by atoms with Gasteiger partial charge < -0.3 is 14.6 Å². The number of nitrogens with one attached hydrogen (secondary N) is 1. The van der Waals surface area contributed by atoms with Gasteiger partial charge in [0.1, 0.15) is 5.75 Å². The Morgan fingerprint density at radius 3 is 2.75 bits per heavy atom. The molecule has 0 aliphatic carbocycles. The van der Waals surface area contributed by atoms with Crippen LogP contribution in [0.25, 0.3) is 5.69 Å². The van der Waals surface area contributed by atoms with Gasteiger partial charge >= 0.3 is 0 Å². The highest BCUT2D eigenvalue weighted by atomic mass is 32.2. The predicted octanol–water partition coefficient (Wildman–Crippen LogP) is 3.34. The highest BCUT2D eigenvalue weighted by Crippen LogP contribution is 2.23. The molecule has 28 heavy (non-hydrogen) atoms. The summed E-state index contributed by atoms with van der Waals surface area (Å²) in [6.45, 7) is 4.28. The number of carbonyl (C=O) groups is 1. The fourth-order valence-electron chi connectivity index (χ4n) is 2.79. The topological polar surface area (TPSA) is 93.5 Å². The van der Waals surface area contributed by atoms with Gasteiger partial charge in [0.05, 0.1) is 29.8 Å². The number of nitrogens with zero attached hydrogens (tertiary/aromatic N) is 2. The fraction of sp³-hybridized carbons (Fsp3) is 0.200. The van der Waals surface area contributed by atoms with E-state index in [1.165, 1.54) is 10.7 Å². The van der Waals surface area contributed by atoms with Crippen LogP contribution in [0.3, 0.4) is 0 Å². The Hall–Kier alpha value is -2.97. The van der Waals surface area contributed by atoms with Crippen molar-refractivity contribution in [1.82, 2.24) is 9.78 Å². The van der Waals surface area contributed by atoms with Gasteiger partial charge in [0.25, 0.3) is 0 Å². The van der Waals surface area contributed by atoms with Crippen molar-refractivity contribution in [3.05, 3.63) is 66.0 Å². The molecular weight excluding hydrogens is 378 g/mol. The quantitative estimate of drug-likeness (QED) is 0.595. The number of aryl methyl sites for hydroxylation is 1. The summed E-state index contributed by atoms with van der Waals surface area (Å²) in [5, 5.41) is 6.94. The van der Waals surface area contributed by atoms with Crippen molar-refractivity contribution in [2.45, 2.75) is 25.2 Å². The molecule has 8 heteroatoms. The number of benzene rings is 2. The van der Waals surface area contributed by atoms with Crippen molar-refractivity contribution >= 4 is 22.7 Å². The van der Waals surface area contributed by atoms with E-state index in [0.29, 0.717) is 23.7 Å². The lowest BCUT2D eigenvalue weighted by Gasteiger charge is -2.12. The summed E-state index contributed by atoms with van der Waals surface area (Å²) in [7, 11) is 0. The highest BCUT2D eigenvalue weighted by Gasteiger charge is 2.14. The van der Waals surface area contributed by atoms with Gasteiger partial charge in [-0.25, -0.2) is 8.89 Å². The molecule has 1 heterocycles. The number of amides is 1. The molecule has 0 radical (unpaired) electrons. The molecular formula is C20H21N3O4S. The Morgan fingerprint density at radius 1 is 1.29 bits per heavy atom. The summed E-state index contributed by atoms with van der Waals surface area (Å²) in [5.41, 5.74) is 2.62. The van der Waals surface area contributed by atoms with E-state index in [2.05, 4.69) is 10.4 Å². The van der Waals surface area contributed by atoms with Crippen molar-refractivity contribution in [3.63, 3.8) is 0 Å². The first-order valence-electron chi connectivity index (χ1n) is 8.75. The number of para-hydroxylation sites is 1. The van der Waals surface area contributed by atoms with E-state index in [1.54, 1.807) is 24.5 Å². The summed E-state index contributed by atoms with van der Waals surface area (Å²) in [5.74, 6) is 0.422. The third-order valence-corrected chi connectivity index (χ3v) is 4.72. The molecule has 7 nitrogen and oxygen atoms in total. The lowest BCUT2D eigenvalue weighted by Crippen LogP contribution is -2.15. The molecule has 1 atom stereocenters. The van der Waals surface area contributed by atoms with Gasteiger partial charge in [-0.3, -0.25) is 4.79 Å². The van der Waals surface area contributed by atoms with E-state index in [0.717, 1.165) is 11.1 Å². The van der Waals surface area contributed by atoms with Crippen molar-refractivity contribution < 1.29 is 18.3 Å². The average Bonchev–Trinajstić information content (AvgIpc) is 3.09. The van der Waals surface area contributed by atoms with Crippen LogP contribution < -0.4 is 10.1 Å². The third-order valence-electron chi connectivity index (χ3n) is 4.01. The molecule has 0 fully saturated rings. The molecule has 0 spiro atoms. The molecule has 0 saturated heterocycles. The zero-order valence-corrected chi connectivity index (χ0v) is 16.4. The zero-order valence-electron chi connectivity index (χ0n) is 15.6. The molecule has 3 rings (SSSR count). The fourth-order valence-corrected chi connectivity index (χ4v) is 3.36. The van der Waals surface area contributed by atoms with Gasteiger partial charge in [0.15, 0.2) is 11.1 Å². The largest absolute Gasteiger partial charge is 0.494 e. The first-order chi connectivity index (χ1) is 13.5. The minimum Gasteiger partial charge on any atom is -0.494 e. The van der Waals surface area contributed by atoms with Crippen LogP contribution in [0.15, 0.2) is 59.8 Å². The first-order valence-corrected chi connectivity index (χ1v) is 9.85. The molecule has 3 aromatic rings. The number of hydrogen-bond acceptors (Lipinski definition) is 4. The molecule has 1 unspecified atom stereocenters. The summed E-state index contributed by atoms with van der Waals surface area (Å²) >= 11 is -2.23. The SMILES string of the molecule is CCOc1ccccc1CC(=O)Nc1ccc(-n2cc(C)cn2)c(S(=O)O)c1. The summed E-state index contributed by atoms with van der Waals surface area (Å²) in [6.07, 6.45) is 3.55. The second-order valence-electron chi connectivity index (χ2n) is 6.16. The van der Waals surface area contributed by atoms with Crippen molar-refractivity contribution in [2.24, 2.45) is 0 Å². The van der Waals surface area contributed by atoms with E-state index in [4.69, 9.17) is 4.74 Å². The molecule has 0 aliphatic heterocycles. The molecule has 2 N–H and O–H groups in total. The second-order valence-corrected chi connectivity index (χ2v) is 7.10. The Bertz CT molecular complexity index is 1020.